The van der Waals surface area contributed by atoms with Gasteiger partial charge in [0.2, 0.25) is 0 Å². The molecule has 5 heteroatoms. The summed E-state index contributed by atoms with van der Waals surface area (Å²) in [4.78, 5) is 17.4. The van der Waals surface area contributed by atoms with E-state index in [-0.39, 0.29) is 5.91 Å². The predicted molar refractivity (Wildman–Crippen MR) is 98.9 cm³/mol. The van der Waals surface area contributed by atoms with Crippen molar-refractivity contribution in [3.63, 3.8) is 0 Å². The molecule has 1 aromatic heterocycles. The maximum atomic E-state index is 13.0. The number of carbonyl (C=O) groups is 1. The van der Waals surface area contributed by atoms with E-state index in [0.29, 0.717) is 5.69 Å². The summed E-state index contributed by atoms with van der Waals surface area (Å²) in [5.41, 5.74) is 5.53. The van der Waals surface area contributed by atoms with Gasteiger partial charge in [0.05, 0.1) is 0 Å². The van der Waals surface area contributed by atoms with Gasteiger partial charge in [-0.05, 0) is 37.8 Å². The van der Waals surface area contributed by atoms with Crippen LogP contribution in [0.2, 0.25) is 0 Å². The van der Waals surface area contributed by atoms with Gasteiger partial charge in [0.15, 0.2) is 5.69 Å². The van der Waals surface area contributed by atoms with Crippen LogP contribution in [-0.4, -0.2) is 40.2 Å². The van der Waals surface area contributed by atoms with Crippen molar-refractivity contribution < 1.29 is 4.79 Å². The highest BCUT2D eigenvalue weighted by Gasteiger charge is 2.30. The molecule has 1 amide bonds. The molecule has 0 aliphatic carbocycles. The molecular formula is C20H26N4O. The van der Waals surface area contributed by atoms with Crippen molar-refractivity contribution in [1.29, 1.82) is 0 Å². The fourth-order valence-electron chi connectivity index (χ4n) is 4.13. The number of para-hydroxylation sites is 1. The lowest BCUT2D eigenvalue weighted by Crippen LogP contribution is -2.37. The van der Waals surface area contributed by atoms with Crippen LogP contribution in [-0.2, 0) is 20.0 Å². The number of nitrogens with zero attached hydrogens (tertiary/aromatic N) is 4. The fourth-order valence-corrected chi connectivity index (χ4v) is 4.13. The Labute approximate surface area is 149 Å². The van der Waals surface area contributed by atoms with Crippen molar-refractivity contribution in [3.05, 3.63) is 46.8 Å². The van der Waals surface area contributed by atoms with E-state index in [0.717, 1.165) is 51.0 Å². The average Bonchev–Trinajstić information content (AvgIpc) is 2.98. The number of aromatic nitrogens is 2. The summed E-state index contributed by atoms with van der Waals surface area (Å²) in [5, 5.41) is 4.62. The standard InChI is InChI=1S/C20H26N4O/c1-15-8-4-5-9-17(15)24-13-10-18-16(14-24)19(21-22(18)2)20(25)23-11-6-3-7-12-23/h4-5,8-9H,3,6-7,10-14H2,1-2H3. The van der Waals surface area contributed by atoms with E-state index in [4.69, 9.17) is 0 Å². The van der Waals surface area contributed by atoms with Gasteiger partial charge in [-0.3, -0.25) is 9.48 Å². The molecule has 0 saturated carbocycles. The molecule has 0 N–H and O–H groups in total. The molecule has 132 valence electrons. The van der Waals surface area contributed by atoms with Crippen molar-refractivity contribution >= 4 is 11.6 Å². The van der Waals surface area contributed by atoms with E-state index < -0.39 is 0 Å². The summed E-state index contributed by atoms with van der Waals surface area (Å²) in [7, 11) is 1.97. The second kappa shape index (κ2) is 6.54. The monoisotopic (exact) mass is 338 g/mol. The Morgan fingerprint density at radius 1 is 1.08 bits per heavy atom. The van der Waals surface area contributed by atoms with Gasteiger partial charge < -0.3 is 9.80 Å². The molecule has 3 heterocycles. The molecule has 2 aliphatic heterocycles. The Morgan fingerprint density at radius 3 is 2.60 bits per heavy atom. The molecule has 0 spiro atoms. The Bertz CT molecular complexity index is 789. The van der Waals surface area contributed by atoms with E-state index in [1.165, 1.54) is 23.4 Å². The normalized spacial score (nSPS) is 17.5. The summed E-state index contributed by atoms with van der Waals surface area (Å²) in [5.74, 6) is 0.114. The van der Waals surface area contributed by atoms with E-state index in [2.05, 4.69) is 41.2 Å². The molecule has 1 fully saturated rings. The number of benzene rings is 1. The smallest absolute Gasteiger partial charge is 0.274 e. The molecule has 0 bridgehead atoms. The number of carbonyl (C=O) groups excluding carboxylic acids is 1. The van der Waals surface area contributed by atoms with Gasteiger partial charge in [0.1, 0.15) is 0 Å². The number of likely N-dealkylation sites (tertiary alicyclic amines) is 1. The van der Waals surface area contributed by atoms with Crippen LogP contribution < -0.4 is 4.90 Å². The van der Waals surface area contributed by atoms with Crippen LogP contribution in [0.1, 0.15) is 46.6 Å². The lowest BCUT2D eigenvalue weighted by molar-refractivity contribution is 0.0716. The summed E-state index contributed by atoms with van der Waals surface area (Å²) in [6.45, 7) is 5.61. The molecular weight excluding hydrogens is 312 g/mol. The van der Waals surface area contributed by atoms with Crippen LogP contribution in [0.5, 0.6) is 0 Å². The molecule has 0 radical (unpaired) electrons. The van der Waals surface area contributed by atoms with Gasteiger partial charge in [-0.1, -0.05) is 18.2 Å². The first-order valence-electron chi connectivity index (χ1n) is 9.30. The number of aryl methyl sites for hydroxylation is 2. The van der Waals surface area contributed by atoms with Gasteiger partial charge in [-0.2, -0.15) is 5.10 Å². The Morgan fingerprint density at radius 2 is 1.84 bits per heavy atom. The molecule has 25 heavy (non-hydrogen) atoms. The van der Waals surface area contributed by atoms with Crippen LogP contribution >= 0.6 is 0 Å². The second-order valence-electron chi connectivity index (χ2n) is 7.21. The topological polar surface area (TPSA) is 41.4 Å². The zero-order chi connectivity index (χ0) is 17.4. The zero-order valence-corrected chi connectivity index (χ0v) is 15.2. The van der Waals surface area contributed by atoms with Gasteiger partial charge in [-0.15, -0.1) is 0 Å². The largest absolute Gasteiger partial charge is 0.366 e. The maximum Gasteiger partial charge on any atom is 0.274 e. The van der Waals surface area contributed by atoms with Gasteiger partial charge in [0, 0.05) is 56.6 Å². The molecule has 2 aliphatic rings. The van der Waals surface area contributed by atoms with Crippen molar-refractivity contribution in [2.75, 3.05) is 24.5 Å². The minimum atomic E-state index is 0.114. The van der Waals surface area contributed by atoms with Gasteiger partial charge in [-0.25, -0.2) is 0 Å². The highest BCUT2D eigenvalue weighted by molar-refractivity contribution is 5.94. The zero-order valence-electron chi connectivity index (χ0n) is 15.2. The highest BCUT2D eigenvalue weighted by atomic mass is 16.2. The summed E-state index contributed by atoms with van der Waals surface area (Å²) < 4.78 is 1.92. The van der Waals surface area contributed by atoms with Crippen molar-refractivity contribution in [1.82, 2.24) is 14.7 Å². The first-order chi connectivity index (χ1) is 12.1. The van der Waals surface area contributed by atoms with E-state index >= 15 is 0 Å². The quantitative estimate of drug-likeness (QED) is 0.845. The van der Waals surface area contributed by atoms with Crippen molar-refractivity contribution in [3.8, 4) is 0 Å². The number of piperidine rings is 1. The highest BCUT2D eigenvalue weighted by Crippen LogP contribution is 2.29. The van der Waals surface area contributed by atoms with Gasteiger partial charge in [0.25, 0.3) is 5.91 Å². The van der Waals surface area contributed by atoms with Crippen molar-refractivity contribution in [2.45, 2.75) is 39.2 Å². The molecule has 1 aromatic carbocycles. The van der Waals surface area contributed by atoms with Crippen LogP contribution in [0.3, 0.4) is 0 Å². The van der Waals surface area contributed by atoms with Crippen LogP contribution in [0.4, 0.5) is 5.69 Å². The number of anilines is 1. The van der Waals surface area contributed by atoms with Crippen molar-refractivity contribution in [2.24, 2.45) is 7.05 Å². The fraction of sp³-hybridized carbons (Fsp3) is 0.500. The second-order valence-corrected chi connectivity index (χ2v) is 7.21. The lowest BCUT2D eigenvalue weighted by atomic mass is 10.0. The minimum absolute atomic E-state index is 0.114. The summed E-state index contributed by atoms with van der Waals surface area (Å²) in [6.07, 6.45) is 4.37. The van der Waals surface area contributed by atoms with Gasteiger partial charge >= 0.3 is 0 Å². The van der Waals surface area contributed by atoms with Crippen LogP contribution in [0.25, 0.3) is 0 Å². The van der Waals surface area contributed by atoms with Crippen LogP contribution in [0, 0.1) is 6.92 Å². The molecule has 0 unspecified atom stereocenters. The molecule has 0 atom stereocenters. The Kier molecular flexibility index (Phi) is 4.24. The minimum Gasteiger partial charge on any atom is -0.366 e. The molecule has 1 saturated heterocycles. The summed E-state index contributed by atoms with van der Waals surface area (Å²) in [6, 6.07) is 8.47. The number of fused-ring (bicyclic) bond motifs is 1. The SMILES string of the molecule is Cc1ccccc1N1CCc2c(c(C(=O)N3CCCCC3)nn2C)C1. The Balaban J connectivity index is 1.65. The average molecular weight is 338 g/mol. The lowest BCUT2D eigenvalue weighted by Gasteiger charge is -2.31. The number of hydrogen-bond acceptors (Lipinski definition) is 3. The third kappa shape index (κ3) is 2.92. The van der Waals surface area contributed by atoms with E-state index in [1.807, 2.05) is 16.6 Å². The summed E-state index contributed by atoms with van der Waals surface area (Å²) >= 11 is 0. The van der Waals surface area contributed by atoms with Crippen LogP contribution in [0.15, 0.2) is 24.3 Å². The number of hydrogen-bond donors (Lipinski definition) is 0. The van der Waals surface area contributed by atoms with E-state index in [1.54, 1.807) is 0 Å². The first kappa shape index (κ1) is 16.2. The third-order valence-corrected chi connectivity index (χ3v) is 5.54. The maximum absolute atomic E-state index is 13.0. The first-order valence-corrected chi connectivity index (χ1v) is 9.30. The molecule has 4 rings (SSSR count). The Hall–Kier alpha value is -2.30. The number of rotatable bonds is 2. The molecule has 2 aromatic rings. The predicted octanol–water partition coefficient (Wildman–Crippen LogP) is 2.92. The molecule has 5 nitrogen and oxygen atoms in total. The van der Waals surface area contributed by atoms with E-state index in [9.17, 15) is 4.79 Å². The third-order valence-electron chi connectivity index (χ3n) is 5.54. The number of amides is 1.